The highest BCUT2D eigenvalue weighted by atomic mass is 35.5. The van der Waals surface area contributed by atoms with E-state index in [2.05, 4.69) is 9.97 Å². The topological polar surface area (TPSA) is 55.0 Å². The second-order valence-electron chi connectivity index (χ2n) is 3.34. The lowest BCUT2D eigenvalue weighted by atomic mass is 10.4. The Morgan fingerprint density at radius 2 is 2.25 bits per heavy atom. The largest absolute Gasteiger partial charge is 0.384 e. The first-order valence-corrected chi connectivity index (χ1v) is 5.88. The molecule has 0 aliphatic heterocycles. The summed E-state index contributed by atoms with van der Waals surface area (Å²) in [4.78, 5) is 11.4. The summed E-state index contributed by atoms with van der Waals surface area (Å²) >= 11 is 7.42. The molecule has 0 spiro atoms. The van der Waals surface area contributed by atoms with Crippen LogP contribution in [-0.4, -0.2) is 17.0 Å². The SMILES string of the molecule is CN(Cc1ccc(Cl)s1)c1nccc(N)n1. The van der Waals surface area contributed by atoms with Gasteiger partial charge in [0.05, 0.1) is 10.9 Å². The lowest BCUT2D eigenvalue weighted by Gasteiger charge is -2.15. The molecule has 0 amide bonds. The number of thiophene rings is 1. The van der Waals surface area contributed by atoms with Gasteiger partial charge >= 0.3 is 0 Å². The van der Waals surface area contributed by atoms with Crippen LogP contribution in [0.3, 0.4) is 0 Å². The minimum absolute atomic E-state index is 0.473. The molecular formula is C10H11ClN4S. The van der Waals surface area contributed by atoms with E-state index in [1.807, 2.05) is 24.1 Å². The Morgan fingerprint density at radius 1 is 1.44 bits per heavy atom. The molecule has 0 fully saturated rings. The number of hydrogen-bond donors (Lipinski definition) is 1. The fourth-order valence-corrected chi connectivity index (χ4v) is 2.43. The summed E-state index contributed by atoms with van der Waals surface area (Å²) in [5.74, 6) is 1.09. The molecule has 2 N–H and O–H groups in total. The van der Waals surface area contributed by atoms with Gasteiger partial charge in [-0.1, -0.05) is 11.6 Å². The molecule has 2 aromatic rings. The fraction of sp³-hybridized carbons (Fsp3) is 0.200. The van der Waals surface area contributed by atoms with Crippen LogP contribution in [0, 0.1) is 0 Å². The summed E-state index contributed by atoms with van der Waals surface area (Å²) < 4.78 is 0.789. The van der Waals surface area contributed by atoms with E-state index in [-0.39, 0.29) is 0 Å². The van der Waals surface area contributed by atoms with Gasteiger partial charge in [0.15, 0.2) is 0 Å². The third-order valence-corrected chi connectivity index (χ3v) is 3.24. The molecule has 2 rings (SSSR count). The number of halogens is 1. The normalized spacial score (nSPS) is 10.4. The average Bonchev–Trinajstić information content (AvgIpc) is 2.64. The molecule has 0 atom stereocenters. The van der Waals surface area contributed by atoms with Crippen molar-refractivity contribution in [2.75, 3.05) is 17.7 Å². The number of nitrogens with zero attached hydrogens (tertiary/aromatic N) is 3. The van der Waals surface area contributed by atoms with Crippen molar-refractivity contribution in [1.29, 1.82) is 0 Å². The lowest BCUT2D eigenvalue weighted by Crippen LogP contribution is -2.18. The van der Waals surface area contributed by atoms with E-state index in [4.69, 9.17) is 17.3 Å². The van der Waals surface area contributed by atoms with Crippen molar-refractivity contribution in [2.24, 2.45) is 0 Å². The van der Waals surface area contributed by atoms with E-state index in [1.165, 1.54) is 4.88 Å². The van der Waals surface area contributed by atoms with Gasteiger partial charge in [-0.05, 0) is 18.2 Å². The molecule has 2 heterocycles. The number of nitrogens with two attached hydrogens (primary N) is 1. The first-order valence-electron chi connectivity index (χ1n) is 4.69. The van der Waals surface area contributed by atoms with Crippen LogP contribution in [0.25, 0.3) is 0 Å². The van der Waals surface area contributed by atoms with Crippen molar-refractivity contribution in [3.63, 3.8) is 0 Å². The zero-order valence-corrected chi connectivity index (χ0v) is 10.3. The molecule has 84 valence electrons. The summed E-state index contributed by atoms with van der Waals surface area (Å²) in [6, 6.07) is 5.55. The second kappa shape index (κ2) is 4.67. The van der Waals surface area contributed by atoms with E-state index in [9.17, 15) is 0 Å². The Hall–Kier alpha value is -1.33. The Balaban J connectivity index is 2.11. The van der Waals surface area contributed by atoms with Crippen LogP contribution in [0.1, 0.15) is 4.88 Å². The molecule has 4 nitrogen and oxygen atoms in total. The molecule has 0 saturated heterocycles. The number of anilines is 2. The smallest absolute Gasteiger partial charge is 0.227 e. The highest BCUT2D eigenvalue weighted by Crippen LogP contribution is 2.23. The molecule has 16 heavy (non-hydrogen) atoms. The highest BCUT2D eigenvalue weighted by Gasteiger charge is 2.06. The van der Waals surface area contributed by atoms with Crippen LogP contribution in [0.5, 0.6) is 0 Å². The molecule has 0 aromatic carbocycles. The Labute approximate surface area is 103 Å². The first kappa shape index (κ1) is 11.2. The van der Waals surface area contributed by atoms with Crippen LogP contribution in [0.15, 0.2) is 24.4 Å². The zero-order chi connectivity index (χ0) is 11.5. The predicted octanol–water partition coefficient (Wildman–Crippen LogP) is 2.41. The quantitative estimate of drug-likeness (QED) is 0.914. The van der Waals surface area contributed by atoms with Crippen LogP contribution in [0.2, 0.25) is 4.34 Å². The van der Waals surface area contributed by atoms with Gasteiger partial charge < -0.3 is 10.6 Å². The molecule has 0 aliphatic carbocycles. The molecule has 0 bridgehead atoms. The average molecular weight is 255 g/mol. The van der Waals surface area contributed by atoms with Gasteiger partial charge in [0.2, 0.25) is 5.95 Å². The number of hydrogen-bond acceptors (Lipinski definition) is 5. The Morgan fingerprint density at radius 3 is 2.88 bits per heavy atom. The van der Waals surface area contributed by atoms with Crippen molar-refractivity contribution in [3.05, 3.63) is 33.6 Å². The molecule has 0 saturated carbocycles. The lowest BCUT2D eigenvalue weighted by molar-refractivity contribution is 0.880. The van der Waals surface area contributed by atoms with Gasteiger partial charge in [0.25, 0.3) is 0 Å². The van der Waals surface area contributed by atoms with Crippen molar-refractivity contribution < 1.29 is 0 Å². The monoisotopic (exact) mass is 254 g/mol. The van der Waals surface area contributed by atoms with Crippen molar-refractivity contribution in [2.45, 2.75) is 6.54 Å². The van der Waals surface area contributed by atoms with E-state index >= 15 is 0 Å². The first-order chi connectivity index (χ1) is 7.65. The van der Waals surface area contributed by atoms with Crippen molar-refractivity contribution in [1.82, 2.24) is 9.97 Å². The van der Waals surface area contributed by atoms with Gasteiger partial charge in [-0.25, -0.2) is 4.98 Å². The van der Waals surface area contributed by atoms with E-state index in [0.717, 1.165) is 10.9 Å². The summed E-state index contributed by atoms with van der Waals surface area (Å²) in [5, 5.41) is 0. The maximum absolute atomic E-state index is 5.86. The van der Waals surface area contributed by atoms with E-state index in [1.54, 1.807) is 23.6 Å². The van der Waals surface area contributed by atoms with Gasteiger partial charge in [-0.3, -0.25) is 0 Å². The van der Waals surface area contributed by atoms with Crippen LogP contribution < -0.4 is 10.6 Å². The van der Waals surface area contributed by atoms with E-state index in [0.29, 0.717) is 11.8 Å². The summed E-state index contributed by atoms with van der Waals surface area (Å²) in [6.07, 6.45) is 1.65. The standard InChI is InChI=1S/C10H11ClN4S/c1-15(6-7-2-3-8(11)16-7)10-13-5-4-9(12)14-10/h2-5H,6H2,1H3,(H2,12,13,14). The molecule has 6 heteroatoms. The van der Waals surface area contributed by atoms with Crippen molar-refractivity contribution >= 4 is 34.7 Å². The maximum Gasteiger partial charge on any atom is 0.227 e. The van der Waals surface area contributed by atoms with Gasteiger partial charge in [0, 0.05) is 18.1 Å². The maximum atomic E-state index is 5.86. The Bertz CT molecular complexity index is 485. The number of aromatic nitrogens is 2. The van der Waals surface area contributed by atoms with E-state index < -0.39 is 0 Å². The molecular weight excluding hydrogens is 244 g/mol. The van der Waals surface area contributed by atoms with Crippen LogP contribution in [-0.2, 0) is 6.54 Å². The third-order valence-electron chi connectivity index (χ3n) is 2.03. The van der Waals surface area contributed by atoms with Gasteiger partial charge in [-0.15, -0.1) is 11.3 Å². The summed E-state index contributed by atoms with van der Waals surface area (Å²) in [5.41, 5.74) is 5.60. The molecule has 0 radical (unpaired) electrons. The summed E-state index contributed by atoms with van der Waals surface area (Å²) in [6.45, 7) is 0.723. The molecule has 0 unspecified atom stereocenters. The molecule has 0 aliphatic rings. The fourth-order valence-electron chi connectivity index (χ4n) is 1.29. The molecule has 2 aromatic heterocycles. The number of rotatable bonds is 3. The van der Waals surface area contributed by atoms with Crippen molar-refractivity contribution in [3.8, 4) is 0 Å². The second-order valence-corrected chi connectivity index (χ2v) is 5.14. The van der Waals surface area contributed by atoms with Gasteiger partial charge in [0.1, 0.15) is 5.82 Å². The van der Waals surface area contributed by atoms with Crippen LogP contribution in [0.4, 0.5) is 11.8 Å². The minimum atomic E-state index is 0.473. The minimum Gasteiger partial charge on any atom is -0.384 e. The number of nitrogen functional groups attached to an aromatic ring is 1. The summed E-state index contributed by atoms with van der Waals surface area (Å²) in [7, 11) is 1.92. The predicted molar refractivity (Wildman–Crippen MR) is 67.9 cm³/mol. The third kappa shape index (κ3) is 2.62. The van der Waals surface area contributed by atoms with Gasteiger partial charge in [-0.2, -0.15) is 4.98 Å². The zero-order valence-electron chi connectivity index (χ0n) is 8.72. The Kier molecular flexibility index (Phi) is 3.26. The van der Waals surface area contributed by atoms with Crippen LogP contribution >= 0.6 is 22.9 Å². The highest BCUT2D eigenvalue weighted by molar-refractivity contribution is 7.16.